The van der Waals surface area contributed by atoms with Gasteiger partial charge in [0.15, 0.2) is 0 Å². The van der Waals surface area contributed by atoms with Crippen LogP contribution in [0.2, 0.25) is 5.32 Å². The summed E-state index contributed by atoms with van der Waals surface area (Å²) in [5, 5.41) is 0.584. The van der Waals surface area contributed by atoms with Gasteiger partial charge in [-0.3, -0.25) is 0 Å². The minimum absolute atomic E-state index is 0.0904. The van der Waals surface area contributed by atoms with Crippen molar-refractivity contribution >= 4 is 20.9 Å². The summed E-state index contributed by atoms with van der Waals surface area (Å²) in [6.07, 6.45) is -0.371. The zero-order chi connectivity index (χ0) is 20.6. The van der Waals surface area contributed by atoms with Gasteiger partial charge in [0.25, 0.3) is 0 Å². The number of rotatable bonds is 8. The Morgan fingerprint density at radius 1 is 0.767 bits per heavy atom. The molecule has 1 aliphatic heterocycles. The fourth-order valence-corrected chi connectivity index (χ4v) is 5.93. The molecule has 5 heteroatoms. The molecule has 1 heterocycles. The van der Waals surface area contributed by atoms with E-state index in [0.29, 0.717) is 18.8 Å². The normalized spacial score (nSPS) is 20.7. The number of hydrogen-bond donors (Lipinski definition) is 0. The van der Waals surface area contributed by atoms with Crippen molar-refractivity contribution in [1.29, 1.82) is 0 Å². The van der Waals surface area contributed by atoms with Crippen molar-refractivity contribution in [3.05, 3.63) is 108 Å². The zero-order valence-electron chi connectivity index (χ0n) is 16.6. The quantitative estimate of drug-likeness (QED) is 0.362. The van der Waals surface area contributed by atoms with Gasteiger partial charge >= 0.3 is 183 Å². The van der Waals surface area contributed by atoms with Crippen LogP contribution in [0.15, 0.2) is 91.0 Å². The Bertz CT molecular complexity index is 918. The van der Waals surface area contributed by atoms with Crippen LogP contribution in [0.3, 0.4) is 0 Å². The first kappa shape index (κ1) is 20.8. The van der Waals surface area contributed by atoms with Crippen molar-refractivity contribution in [2.75, 3.05) is 0 Å². The molecule has 154 valence electrons. The van der Waals surface area contributed by atoms with Gasteiger partial charge in [-0.05, 0) is 0 Å². The molecule has 0 aromatic heterocycles. The van der Waals surface area contributed by atoms with Gasteiger partial charge < -0.3 is 0 Å². The molecule has 0 saturated carbocycles. The fraction of sp³-hybridized carbons (Fsp3) is 0.240. The van der Waals surface area contributed by atoms with Crippen LogP contribution in [0, 0.1) is 0 Å². The Kier molecular flexibility index (Phi) is 7.33. The van der Waals surface area contributed by atoms with Gasteiger partial charge in [0.2, 0.25) is 0 Å². The summed E-state index contributed by atoms with van der Waals surface area (Å²) >= 11 is 0.0904. The van der Waals surface area contributed by atoms with Gasteiger partial charge in [0.05, 0.1) is 0 Å². The van der Waals surface area contributed by atoms with Crippen molar-refractivity contribution in [2.24, 2.45) is 0 Å². The van der Waals surface area contributed by atoms with Crippen molar-refractivity contribution in [3.63, 3.8) is 0 Å². The molecule has 3 aromatic rings. The Hall–Kier alpha value is -2.43. The van der Waals surface area contributed by atoms with E-state index in [1.165, 1.54) is 0 Å². The standard InChI is InChI=1S/C25H24O4Se/c26-24(21-14-8-3-9-15-21)29-25-23(28-17-20-12-6-2-7-13-20)22(18-30-25)27-16-19-10-4-1-5-11-19/h1-15,22-23,25H,16-18H2/t22-,23+,25?/m0/s1. The van der Waals surface area contributed by atoms with Gasteiger partial charge in [-0.1, -0.05) is 0 Å². The molecule has 1 unspecified atom stereocenters. The molecule has 4 rings (SSSR count). The third kappa shape index (κ3) is 5.59. The van der Waals surface area contributed by atoms with Gasteiger partial charge in [-0.15, -0.1) is 0 Å². The SMILES string of the molecule is O=C(OC1[Se]C[C@H](OCc2ccccc2)[C@H]1OCc1ccccc1)c1ccccc1. The van der Waals surface area contributed by atoms with E-state index in [2.05, 4.69) is 0 Å². The average Bonchev–Trinajstić information content (AvgIpc) is 3.19. The summed E-state index contributed by atoms with van der Waals surface area (Å²) in [5.41, 5.74) is 2.77. The minimum atomic E-state index is -0.306. The van der Waals surface area contributed by atoms with E-state index < -0.39 is 0 Å². The Morgan fingerprint density at radius 2 is 1.30 bits per heavy atom. The summed E-state index contributed by atoms with van der Waals surface area (Å²) in [6.45, 7) is 0.984. The van der Waals surface area contributed by atoms with Crippen LogP contribution in [-0.4, -0.2) is 38.1 Å². The van der Waals surface area contributed by atoms with Crippen LogP contribution in [0.1, 0.15) is 21.5 Å². The number of benzene rings is 3. The van der Waals surface area contributed by atoms with E-state index in [1.807, 2.05) is 78.9 Å². The van der Waals surface area contributed by atoms with E-state index in [0.717, 1.165) is 16.4 Å². The number of carbonyl (C=O) groups excluding carboxylic acids is 1. The van der Waals surface area contributed by atoms with Gasteiger partial charge in [-0.2, -0.15) is 0 Å². The molecular formula is C25H24O4Se. The number of hydrogen-bond acceptors (Lipinski definition) is 4. The average molecular weight is 467 g/mol. The summed E-state index contributed by atoms with van der Waals surface area (Å²) in [4.78, 5) is 12.6. The Labute approximate surface area is 183 Å². The molecule has 1 aliphatic rings. The van der Waals surface area contributed by atoms with E-state index >= 15 is 0 Å². The molecule has 0 bridgehead atoms. The molecule has 3 atom stereocenters. The number of carbonyl (C=O) groups is 1. The monoisotopic (exact) mass is 468 g/mol. The van der Waals surface area contributed by atoms with Crippen molar-refractivity contribution in [2.45, 2.75) is 35.7 Å². The van der Waals surface area contributed by atoms with Crippen molar-refractivity contribution in [1.82, 2.24) is 0 Å². The fourth-order valence-electron chi connectivity index (χ4n) is 3.28. The molecule has 0 radical (unpaired) electrons. The van der Waals surface area contributed by atoms with Crippen molar-refractivity contribution < 1.29 is 19.0 Å². The summed E-state index contributed by atoms with van der Waals surface area (Å²) in [5.74, 6) is -0.306. The first-order valence-electron chi connectivity index (χ1n) is 9.98. The van der Waals surface area contributed by atoms with Crippen LogP contribution in [0.4, 0.5) is 0 Å². The Morgan fingerprint density at radius 3 is 1.90 bits per heavy atom. The van der Waals surface area contributed by atoms with Crippen LogP contribution >= 0.6 is 0 Å². The predicted octanol–water partition coefficient (Wildman–Crippen LogP) is 4.48. The van der Waals surface area contributed by atoms with Crippen LogP contribution < -0.4 is 0 Å². The van der Waals surface area contributed by atoms with Crippen molar-refractivity contribution in [3.8, 4) is 0 Å². The first-order chi connectivity index (χ1) is 14.8. The van der Waals surface area contributed by atoms with Gasteiger partial charge in [-0.25, -0.2) is 0 Å². The first-order valence-corrected chi connectivity index (χ1v) is 12.2. The van der Waals surface area contributed by atoms with Crippen LogP contribution in [0.5, 0.6) is 0 Å². The second-order valence-electron chi connectivity index (χ2n) is 7.07. The molecule has 1 saturated heterocycles. The summed E-state index contributed by atoms with van der Waals surface area (Å²) in [6, 6.07) is 29.2. The molecule has 30 heavy (non-hydrogen) atoms. The van der Waals surface area contributed by atoms with Gasteiger partial charge in [0, 0.05) is 0 Å². The molecule has 3 aromatic carbocycles. The molecule has 4 nitrogen and oxygen atoms in total. The second-order valence-corrected chi connectivity index (χ2v) is 9.44. The van der Waals surface area contributed by atoms with E-state index in [1.54, 1.807) is 12.1 Å². The number of esters is 1. The van der Waals surface area contributed by atoms with Gasteiger partial charge in [0.1, 0.15) is 0 Å². The molecule has 0 amide bonds. The van der Waals surface area contributed by atoms with E-state index in [-0.39, 0.29) is 38.1 Å². The third-order valence-corrected chi connectivity index (χ3v) is 7.43. The molecule has 0 spiro atoms. The topological polar surface area (TPSA) is 44.8 Å². The Balaban J connectivity index is 1.43. The molecule has 1 fully saturated rings. The summed E-state index contributed by atoms with van der Waals surface area (Å²) < 4.78 is 18.3. The van der Waals surface area contributed by atoms with Crippen LogP contribution in [0.25, 0.3) is 0 Å². The molecule has 0 N–H and O–H groups in total. The van der Waals surface area contributed by atoms with E-state index in [9.17, 15) is 4.79 Å². The summed E-state index contributed by atoms with van der Waals surface area (Å²) in [7, 11) is 0. The van der Waals surface area contributed by atoms with E-state index in [4.69, 9.17) is 14.2 Å². The van der Waals surface area contributed by atoms with Crippen LogP contribution in [-0.2, 0) is 27.4 Å². The predicted molar refractivity (Wildman–Crippen MR) is 116 cm³/mol. The maximum absolute atomic E-state index is 12.6. The third-order valence-electron chi connectivity index (χ3n) is 4.88. The second kappa shape index (κ2) is 10.6. The zero-order valence-corrected chi connectivity index (χ0v) is 18.3. The molecular weight excluding hydrogens is 443 g/mol. The number of ether oxygens (including phenoxy) is 3. The maximum atomic E-state index is 12.6. The molecule has 0 aliphatic carbocycles.